The van der Waals surface area contributed by atoms with Crippen molar-refractivity contribution < 1.29 is 4.79 Å². The van der Waals surface area contributed by atoms with Crippen LogP contribution in [-0.4, -0.2) is 40.2 Å². The Bertz CT molecular complexity index is 880. The Morgan fingerprint density at radius 1 is 1.11 bits per heavy atom. The van der Waals surface area contributed by atoms with E-state index >= 15 is 0 Å². The number of carbonyl (C=O) groups excluding carboxylic acids is 1. The van der Waals surface area contributed by atoms with Crippen LogP contribution in [0.15, 0.2) is 35.3 Å². The molecule has 5 nitrogen and oxygen atoms in total. The SMILES string of the molecule is CCCc1nn(CC#CCN2CCCCCC2)c(=NC(=O)c2ccccc2)s1. The smallest absolute Gasteiger partial charge is 0.279 e. The quantitative estimate of drug-likeness (QED) is 0.727. The molecule has 1 aliphatic heterocycles. The second-order valence-corrected chi connectivity index (χ2v) is 8.05. The van der Waals surface area contributed by atoms with Gasteiger partial charge in [0.1, 0.15) is 11.6 Å². The van der Waals surface area contributed by atoms with Crippen molar-refractivity contribution in [3.05, 3.63) is 45.7 Å². The summed E-state index contributed by atoms with van der Waals surface area (Å²) >= 11 is 1.48. The molecule has 0 atom stereocenters. The summed E-state index contributed by atoms with van der Waals surface area (Å²) in [6, 6.07) is 9.15. The Kier molecular flexibility index (Phi) is 8.01. The van der Waals surface area contributed by atoms with Gasteiger partial charge in [-0.1, -0.05) is 61.1 Å². The summed E-state index contributed by atoms with van der Waals surface area (Å²) in [6.07, 6.45) is 7.11. The van der Waals surface area contributed by atoms with E-state index in [4.69, 9.17) is 0 Å². The highest BCUT2D eigenvalue weighted by atomic mass is 32.1. The van der Waals surface area contributed by atoms with Gasteiger partial charge in [0.25, 0.3) is 5.91 Å². The molecule has 2 heterocycles. The van der Waals surface area contributed by atoms with E-state index < -0.39 is 0 Å². The van der Waals surface area contributed by atoms with Crippen LogP contribution in [0.2, 0.25) is 0 Å². The van der Waals surface area contributed by atoms with Gasteiger partial charge in [0.05, 0.1) is 6.54 Å². The van der Waals surface area contributed by atoms with Gasteiger partial charge in [-0.15, -0.1) is 0 Å². The molecule has 1 aliphatic rings. The van der Waals surface area contributed by atoms with E-state index in [1.54, 1.807) is 16.8 Å². The van der Waals surface area contributed by atoms with E-state index in [-0.39, 0.29) is 5.91 Å². The molecule has 0 unspecified atom stereocenters. The molecule has 2 aromatic rings. The number of aromatic nitrogens is 2. The molecule has 1 saturated heterocycles. The van der Waals surface area contributed by atoms with Crippen LogP contribution in [0.1, 0.15) is 54.4 Å². The molecule has 6 heteroatoms. The lowest BCUT2D eigenvalue weighted by Crippen LogP contribution is -2.25. The minimum Gasteiger partial charge on any atom is -0.292 e. The average molecular weight is 397 g/mol. The molecule has 0 spiro atoms. The summed E-state index contributed by atoms with van der Waals surface area (Å²) in [5.74, 6) is 6.26. The molecule has 3 rings (SSSR count). The van der Waals surface area contributed by atoms with Crippen LogP contribution >= 0.6 is 11.3 Å². The van der Waals surface area contributed by atoms with Crippen molar-refractivity contribution >= 4 is 17.2 Å². The second kappa shape index (κ2) is 10.9. The fraction of sp³-hybridized carbons (Fsp3) is 0.500. The van der Waals surface area contributed by atoms with E-state index in [0.717, 1.165) is 37.5 Å². The molecule has 0 aliphatic carbocycles. The van der Waals surface area contributed by atoms with Crippen LogP contribution in [0.25, 0.3) is 0 Å². The van der Waals surface area contributed by atoms with Crippen LogP contribution < -0.4 is 4.80 Å². The summed E-state index contributed by atoms with van der Waals surface area (Å²) < 4.78 is 1.77. The first kappa shape index (κ1) is 20.5. The normalized spacial score (nSPS) is 15.7. The number of carbonyl (C=O) groups is 1. The van der Waals surface area contributed by atoms with Gasteiger partial charge in [0.2, 0.25) is 4.80 Å². The van der Waals surface area contributed by atoms with Gasteiger partial charge in [-0.2, -0.15) is 10.1 Å². The van der Waals surface area contributed by atoms with Crippen molar-refractivity contribution in [3.8, 4) is 11.8 Å². The summed E-state index contributed by atoms with van der Waals surface area (Å²) in [5, 5.41) is 5.62. The molecular formula is C22H28N4OS. The lowest BCUT2D eigenvalue weighted by atomic mass is 10.2. The molecule has 0 saturated carbocycles. The third-order valence-electron chi connectivity index (χ3n) is 4.70. The van der Waals surface area contributed by atoms with Gasteiger partial charge in [0.15, 0.2) is 0 Å². The monoisotopic (exact) mass is 396 g/mol. The van der Waals surface area contributed by atoms with E-state index in [1.165, 1.54) is 37.0 Å². The third kappa shape index (κ3) is 6.15. The van der Waals surface area contributed by atoms with Gasteiger partial charge in [-0.25, -0.2) is 4.68 Å². The minimum absolute atomic E-state index is 0.237. The summed E-state index contributed by atoms with van der Waals surface area (Å²) in [7, 11) is 0. The van der Waals surface area contributed by atoms with Gasteiger partial charge in [-0.3, -0.25) is 9.69 Å². The number of amides is 1. The zero-order valence-electron chi connectivity index (χ0n) is 16.6. The molecular weight excluding hydrogens is 368 g/mol. The van der Waals surface area contributed by atoms with Crippen LogP contribution in [-0.2, 0) is 13.0 Å². The number of nitrogens with zero attached hydrogens (tertiary/aromatic N) is 4. The molecule has 148 valence electrons. The standard InChI is InChI=1S/C22H28N4OS/c1-2-12-20-24-26(18-11-10-17-25-15-8-3-4-9-16-25)22(28-20)23-21(27)19-13-6-5-7-14-19/h5-7,13-14H,2-4,8-9,12,15-18H2,1H3. The number of rotatable bonds is 5. The van der Waals surface area contributed by atoms with Gasteiger partial charge < -0.3 is 0 Å². The fourth-order valence-corrected chi connectivity index (χ4v) is 4.17. The van der Waals surface area contributed by atoms with Crippen LogP contribution in [0.3, 0.4) is 0 Å². The van der Waals surface area contributed by atoms with Crippen molar-refractivity contribution in [2.75, 3.05) is 19.6 Å². The van der Waals surface area contributed by atoms with Crippen LogP contribution in [0.4, 0.5) is 0 Å². The molecule has 1 amide bonds. The molecule has 1 aromatic carbocycles. The Morgan fingerprint density at radius 3 is 2.54 bits per heavy atom. The minimum atomic E-state index is -0.237. The van der Waals surface area contributed by atoms with Crippen molar-refractivity contribution in [1.29, 1.82) is 0 Å². The first-order valence-corrected chi connectivity index (χ1v) is 11.0. The lowest BCUT2D eigenvalue weighted by Gasteiger charge is -2.15. The predicted octanol–water partition coefficient (Wildman–Crippen LogP) is 3.52. The van der Waals surface area contributed by atoms with E-state index in [0.29, 0.717) is 16.9 Å². The Balaban J connectivity index is 1.72. The highest BCUT2D eigenvalue weighted by Crippen LogP contribution is 2.08. The van der Waals surface area contributed by atoms with Crippen LogP contribution in [0.5, 0.6) is 0 Å². The highest BCUT2D eigenvalue weighted by molar-refractivity contribution is 7.08. The largest absolute Gasteiger partial charge is 0.292 e. The number of benzene rings is 1. The topological polar surface area (TPSA) is 50.5 Å². The zero-order valence-corrected chi connectivity index (χ0v) is 17.4. The van der Waals surface area contributed by atoms with Crippen LogP contribution in [0, 0.1) is 11.8 Å². The molecule has 0 bridgehead atoms. The lowest BCUT2D eigenvalue weighted by molar-refractivity contribution is 0.0997. The Hall–Kier alpha value is -2.23. The number of aryl methyl sites for hydroxylation is 1. The predicted molar refractivity (Wildman–Crippen MR) is 113 cm³/mol. The van der Waals surface area contributed by atoms with E-state index in [1.807, 2.05) is 18.2 Å². The van der Waals surface area contributed by atoms with Crippen molar-refractivity contribution in [2.24, 2.45) is 4.99 Å². The summed E-state index contributed by atoms with van der Waals surface area (Å²) in [6.45, 7) is 5.69. The molecule has 1 fully saturated rings. The van der Waals surface area contributed by atoms with E-state index in [9.17, 15) is 4.79 Å². The maximum atomic E-state index is 12.5. The average Bonchev–Trinajstić information content (AvgIpc) is 2.91. The van der Waals surface area contributed by atoms with Crippen molar-refractivity contribution in [3.63, 3.8) is 0 Å². The first-order valence-electron chi connectivity index (χ1n) is 10.2. The number of hydrogen-bond acceptors (Lipinski definition) is 4. The second-order valence-electron chi connectivity index (χ2n) is 7.01. The maximum Gasteiger partial charge on any atom is 0.279 e. The Morgan fingerprint density at radius 2 is 1.82 bits per heavy atom. The number of likely N-dealkylation sites (tertiary alicyclic amines) is 1. The van der Waals surface area contributed by atoms with Gasteiger partial charge in [-0.05, 0) is 44.5 Å². The zero-order chi connectivity index (χ0) is 19.6. The fourth-order valence-electron chi connectivity index (χ4n) is 3.18. The molecule has 0 radical (unpaired) electrons. The molecule has 0 N–H and O–H groups in total. The van der Waals surface area contributed by atoms with Gasteiger partial charge in [0, 0.05) is 12.0 Å². The molecule has 1 aromatic heterocycles. The number of hydrogen-bond donors (Lipinski definition) is 0. The van der Waals surface area contributed by atoms with Gasteiger partial charge >= 0.3 is 0 Å². The highest BCUT2D eigenvalue weighted by Gasteiger charge is 2.08. The molecule has 28 heavy (non-hydrogen) atoms. The Labute approximate surface area is 171 Å². The summed E-state index contributed by atoms with van der Waals surface area (Å²) in [5.41, 5.74) is 0.590. The van der Waals surface area contributed by atoms with Crippen molar-refractivity contribution in [1.82, 2.24) is 14.7 Å². The summed E-state index contributed by atoms with van der Waals surface area (Å²) in [4.78, 5) is 19.8. The van der Waals surface area contributed by atoms with E-state index in [2.05, 4.69) is 33.8 Å². The van der Waals surface area contributed by atoms with Crippen molar-refractivity contribution in [2.45, 2.75) is 52.0 Å². The third-order valence-corrected chi connectivity index (χ3v) is 5.71. The first-order chi connectivity index (χ1) is 13.8. The maximum absolute atomic E-state index is 12.5.